The Morgan fingerprint density at radius 3 is 2.57 bits per heavy atom. The maximum atomic E-state index is 12.4. The molecule has 0 radical (unpaired) electrons. The Labute approximate surface area is 137 Å². The van der Waals surface area contributed by atoms with Crippen LogP contribution in [0.3, 0.4) is 0 Å². The van der Waals surface area contributed by atoms with Crippen LogP contribution in [0.1, 0.15) is 0 Å². The molecule has 6 nitrogen and oxygen atoms in total. The molecule has 0 saturated carbocycles. The van der Waals surface area contributed by atoms with Crippen molar-refractivity contribution in [1.82, 2.24) is 14.5 Å². The van der Waals surface area contributed by atoms with Crippen molar-refractivity contribution in [1.29, 1.82) is 0 Å². The molecule has 0 atom stereocenters. The van der Waals surface area contributed by atoms with Crippen molar-refractivity contribution in [2.24, 2.45) is 0 Å². The topological polar surface area (TPSA) is 69.7 Å². The third-order valence-electron chi connectivity index (χ3n) is 3.14. The molecule has 1 fully saturated rings. The largest absolute Gasteiger partial charge is 0.339 e. The molecule has 21 heavy (non-hydrogen) atoms. The molecular formula is C11H15Cl2N3O3S2. The second-order valence-corrected chi connectivity index (χ2v) is 8.88. The van der Waals surface area contributed by atoms with Crippen LogP contribution in [0.15, 0.2) is 11.0 Å². The molecule has 1 aromatic heterocycles. The number of thiophene rings is 1. The van der Waals surface area contributed by atoms with Gasteiger partial charge in [-0.2, -0.15) is 4.31 Å². The van der Waals surface area contributed by atoms with Crippen LogP contribution in [0.25, 0.3) is 0 Å². The average molecular weight is 372 g/mol. The number of likely N-dealkylation sites (N-methyl/N-ethyl adjacent to an activating group) is 1. The highest BCUT2D eigenvalue weighted by atomic mass is 35.5. The van der Waals surface area contributed by atoms with Gasteiger partial charge in [0.05, 0.1) is 10.9 Å². The van der Waals surface area contributed by atoms with E-state index in [1.165, 1.54) is 13.1 Å². The maximum absolute atomic E-state index is 12.4. The van der Waals surface area contributed by atoms with Gasteiger partial charge in [0, 0.05) is 33.2 Å². The minimum atomic E-state index is -3.82. The summed E-state index contributed by atoms with van der Waals surface area (Å²) >= 11 is 12.6. The molecule has 0 aliphatic carbocycles. The monoisotopic (exact) mass is 371 g/mol. The van der Waals surface area contributed by atoms with Gasteiger partial charge in [0.15, 0.2) is 0 Å². The van der Waals surface area contributed by atoms with E-state index in [2.05, 4.69) is 5.32 Å². The molecule has 1 aromatic rings. The summed E-state index contributed by atoms with van der Waals surface area (Å²) < 4.78 is 26.2. The van der Waals surface area contributed by atoms with Gasteiger partial charge in [0.2, 0.25) is 15.9 Å². The molecule has 0 bridgehead atoms. The van der Waals surface area contributed by atoms with Gasteiger partial charge >= 0.3 is 0 Å². The van der Waals surface area contributed by atoms with Crippen LogP contribution in [0.4, 0.5) is 0 Å². The van der Waals surface area contributed by atoms with Crippen LogP contribution in [-0.4, -0.2) is 63.3 Å². The first-order valence-corrected chi connectivity index (χ1v) is 9.23. The standard InChI is InChI=1S/C11H15Cl2N3O3S2/c1-15(7-10(17)16-4-2-14-3-5-16)21(18,19)8-6-9(12)20-11(8)13/h6,14H,2-5,7H2,1H3. The Hall–Kier alpha value is -0.380. The molecule has 0 spiro atoms. The Morgan fingerprint density at radius 2 is 2.05 bits per heavy atom. The van der Waals surface area contributed by atoms with Crippen LogP contribution >= 0.6 is 34.5 Å². The van der Waals surface area contributed by atoms with E-state index >= 15 is 0 Å². The van der Waals surface area contributed by atoms with Crippen molar-refractivity contribution < 1.29 is 13.2 Å². The Morgan fingerprint density at radius 1 is 1.43 bits per heavy atom. The van der Waals surface area contributed by atoms with Crippen molar-refractivity contribution in [2.45, 2.75) is 4.90 Å². The lowest BCUT2D eigenvalue weighted by Gasteiger charge is -2.29. The molecule has 1 aliphatic rings. The van der Waals surface area contributed by atoms with Gasteiger partial charge in [-0.25, -0.2) is 8.42 Å². The fourth-order valence-corrected chi connectivity index (χ4v) is 5.19. The summed E-state index contributed by atoms with van der Waals surface area (Å²) in [5, 5.41) is 3.13. The smallest absolute Gasteiger partial charge is 0.245 e. The van der Waals surface area contributed by atoms with Gasteiger partial charge in [0.1, 0.15) is 9.23 Å². The number of carbonyl (C=O) groups is 1. The highest BCUT2D eigenvalue weighted by Crippen LogP contribution is 2.35. The third-order valence-corrected chi connectivity index (χ3v) is 6.70. The SMILES string of the molecule is CN(CC(=O)N1CCNCC1)S(=O)(=O)c1cc(Cl)sc1Cl. The Kier molecular flexibility index (Phi) is 5.50. The molecule has 2 rings (SSSR count). The van der Waals surface area contributed by atoms with Gasteiger partial charge in [0.25, 0.3) is 0 Å². The molecular weight excluding hydrogens is 357 g/mol. The van der Waals surface area contributed by atoms with Crippen molar-refractivity contribution in [3.63, 3.8) is 0 Å². The number of piperazine rings is 1. The average Bonchev–Trinajstić information content (AvgIpc) is 2.79. The van der Waals surface area contributed by atoms with Crippen molar-refractivity contribution in [2.75, 3.05) is 39.8 Å². The van der Waals surface area contributed by atoms with E-state index in [0.717, 1.165) is 15.6 Å². The van der Waals surface area contributed by atoms with Crippen LogP contribution in [0.5, 0.6) is 0 Å². The summed E-state index contributed by atoms with van der Waals surface area (Å²) in [4.78, 5) is 13.7. The van der Waals surface area contributed by atoms with E-state index < -0.39 is 10.0 Å². The van der Waals surface area contributed by atoms with E-state index in [9.17, 15) is 13.2 Å². The number of hydrogen-bond donors (Lipinski definition) is 1. The van der Waals surface area contributed by atoms with Crippen molar-refractivity contribution in [3.8, 4) is 0 Å². The van der Waals surface area contributed by atoms with Crippen LogP contribution in [0, 0.1) is 0 Å². The molecule has 10 heteroatoms. The van der Waals surface area contributed by atoms with E-state index in [1.807, 2.05) is 0 Å². The molecule has 2 heterocycles. The quantitative estimate of drug-likeness (QED) is 0.860. The molecule has 1 saturated heterocycles. The number of amides is 1. The number of hydrogen-bond acceptors (Lipinski definition) is 5. The first-order valence-electron chi connectivity index (χ1n) is 6.22. The first-order chi connectivity index (χ1) is 9.82. The van der Waals surface area contributed by atoms with Gasteiger partial charge in [-0.15, -0.1) is 11.3 Å². The van der Waals surface area contributed by atoms with Crippen molar-refractivity contribution in [3.05, 3.63) is 14.7 Å². The van der Waals surface area contributed by atoms with Crippen LogP contribution < -0.4 is 5.32 Å². The Bertz CT molecular complexity index is 627. The van der Waals surface area contributed by atoms with Crippen LogP contribution in [-0.2, 0) is 14.8 Å². The highest BCUT2D eigenvalue weighted by molar-refractivity contribution is 7.89. The fourth-order valence-electron chi connectivity index (χ4n) is 1.96. The second-order valence-electron chi connectivity index (χ2n) is 4.58. The molecule has 1 aliphatic heterocycles. The van der Waals surface area contributed by atoms with Crippen molar-refractivity contribution >= 4 is 50.5 Å². The fraction of sp³-hybridized carbons (Fsp3) is 0.545. The number of rotatable bonds is 4. The van der Waals surface area contributed by atoms with Crippen LogP contribution in [0.2, 0.25) is 8.67 Å². The Balaban J connectivity index is 2.09. The van der Waals surface area contributed by atoms with Gasteiger partial charge in [-0.1, -0.05) is 23.2 Å². The molecule has 118 valence electrons. The third kappa shape index (κ3) is 3.88. The second kappa shape index (κ2) is 6.80. The van der Waals surface area contributed by atoms with Gasteiger partial charge < -0.3 is 10.2 Å². The summed E-state index contributed by atoms with van der Waals surface area (Å²) in [6.45, 7) is 2.38. The molecule has 1 amide bonds. The van der Waals surface area contributed by atoms with E-state index in [1.54, 1.807) is 4.90 Å². The summed E-state index contributed by atoms with van der Waals surface area (Å²) in [7, 11) is -2.46. The summed E-state index contributed by atoms with van der Waals surface area (Å²) in [6, 6.07) is 1.30. The first kappa shape index (κ1) is 17.0. The van der Waals surface area contributed by atoms with E-state index in [4.69, 9.17) is 23.2 Å². The lowest BCUT2D eigenvalue weighted by Crippen LogP contribution is -2.49. The lowest BCUT2D eigenvalue weighted by molar-refractivity contribution is -0.131. The molecule has 1 N–H and O–H groups in total. The number of halogens is 2. The predicted molar refractivity (Wildman–Crippen MR) is 83.6 cm³/mol. The zero-order chi connectivity index (χ0) is 15.6. The van der Waals surface area contributed by atoms with Gasteiger partial charge in [-0.05, 0) is 6.07 Å². The van der Waals surface area contributed by atoms with E-state index in [-0.39, 0.29) is 21.7 Å². The van der Waals surface area contributed by atoms with Gasteiger partial charge in [-0.3, -0.25) is 4.79 Å². The summed E-state index contributed by atoms with van der Waals surface area (Å²) in [5.41, 5.74) is 0. The minimum Gasteiger partial charge on any atom is -0.339 e. The zero-order valence-corrected chi connectivity index (χ0v) is 14.4. The molecule has 0 aromatic carbocycles. The number of nitrogens with zero attached hydrogens (tertiary/aromatic N) is 2. The predicted octanol–water partition coefficient (Wildman–Crippen LogP) is 1.11. The summed E-state index contributed by atoms with van der Waals surface area (Å²) in [5.74, 6) is -0.222. The minimum absolute atomic E-state index is 0.0604. The maximum Gasteiger partial charge on any atom is 0.245 e. The number of nitrogens with one attached hydrogen (secondary N) is 1. The lowest BCUT2D eigenvalue weighted by atomic mass is 10.3. The zero-order valence-electron chi connectivity index (χ0n) is 11.3. The molecule has 0 unspecified atom stereocenters. The van der Waals surface area contributed by atoms with E-state index in [0.29, 0.717) is 30.5 Å². The normalized spacial score (nSPS) is 16.5. The number of carbonyl (C=O) groups excluding carboxylic acids is 1. The number of sulfonamides is 1. The summed E-state index contributed by atoms with van der Waals surface area (Å²) in [6.07, 6.45) is 0. The highest BCUT2D eigenvalue weighted by Gasteiger charge is 2.29.